The number of sulfonamides is 1. The molecule has 0 aromatic heterocycles. The maximum Gasteiger partial charge on any atom is 0.264 e. The van der Waals surface area contributed by atoms with Crippen molar-refractivity contribution in [2.45, 2.75) is 50.7 Å². The zero-order valence-electron chi connectivity index (χ0n) is 26.9. The van der Waals surface area contributed by atoms with Gasteiger partial charge in [0.1, 0.15) is 24.1 Å². The molecule has 0 unspecified atom stereocenters. The van der Waals surface area contributed by atoms with Crippen molar-refractivity contribution in [3.8, 4) is 11.5 Å². The van der Waals surface area contributed by atoms with E-state index in [9.17, 15) is 18.0 Å². The molecule has 4 rings (SSSR count). The van der Waals surface area contributed by atoms with Crippen molar-refractivity contribution in [3.63, 3.8) is 0 Å². The van der Waals surface area contributed by atoms with Crippen molar-refractivity contribution in [2.75, 3.05) is 24.6 Å². The fourth-order valence-electron chi connectivity index (χ4n) is 5.04. The molecule has 0 bridgehead atoms. The maximum absolute atomic E-state index is 14.6. The van der Waals surface area contributed by atoms with Crippen molar-refractivity contribution in [1.29, 1.82) is 0 Å². The predicted octanol–water partition coefficient (Wildman–Crippen LogP) is 6.11. The largest absolute Gasteiger partial charge is 0.497 e. The third kappa shape index (κ3) is 9.49. The zero-order valence-corrected chi connectivity index (χ0v) is 28.5. The third-order valence-electron chi connectivity index (χ3n) is 7.31. The second-order valence-corrected chi connectivity index (χ2v) is 13.4. The Bertz CT molecular complexity index is 1730. The highest BCUT2D eigenvalue weighted by Gasteiger charge is 2.35. The normalized spacial score (nSPS) is 11.9. The Hall–Kier alpha value is -4.54. The van der Waals surface area contributed by atoms with Gasteiger partial charge in [-0.1, -0.05) is 54.1 Å². The molecule has 4 aromatic carbocycles. The summed E-state index contributed by atoms with van der Waals surface area (Å²) in [5.74, 6) is 0.217. The van der Waals surface area contributed by atoms with Crippen LogP contribution in [0.5, 0.6) is 11.5 Å². The third-order valence-corrected chi connectivity index (χ3v) is 9.35. The molecule has 4 aromatic rings. The highest BCUT2D eigenvalue weighted by atomic mass is 35.5. The van der Waals surface area contributed by atoms with Crippen LogP contribution in [-0.4, -0.2) is 57.5 Å². The number of methoxy groups -OCH3 is 1. The Balaban J connectivity index is 1.81. The van der Waals surface area contributed by atoms with Crippen molar-refractivity contribution in [2.24, 2.45) is 0 Å². The van der Waals surface area contributed by atoms with Crippen LogP contribution in [0.4, 0.5) is 5.69 Å². The molecular formula is C36H40ClN3O6S. The van der Waals surface area contributed by atoms with Gasteiger partial charge < -0.3 is 19.7 Å². The SMILES string of the molecule is CCOc1ccc(N(CC(=O)N(Cc2cccc(OC)c2)[C@@H](Cc2ccccc2)C(=O)NC(C)C)S(=O)(=O)c2ccc(Cl)cc2)cc1. The molecule has 47 heavy (non-hydrogen) atoms. The van der Waals surface area contributed by atoms with E-state index in [2.05, 4.69) is 5.32 Å². The van der Waals surface area contributed by atoms with E-state index in [-0.39, 0.29) is 35.5 Å². The van der Waals surface area contributed by atoms with Crippen LogP contribution in [-0.2, 0) is 32.6 Å². The molecule has 0 saturated heterocycles. The van der Waals surface area contributed by atoms with Crippen molar-refractivity contribution >= 4 is 39.1 Å². The van der Waals surface area contributed by atoms with Gasteiger partial charge in [0.2, 0.25) is 11.8 Å². The summed E-state index contributed by atoms with van der Waals surface area (Å²) in [6.07, 6.45) is 0.210. The molecule has 0 aliphatic heterocycles. The zero-order chi connectivity index (χ0) is 34.0. The van der Waals surface area contributed by atoms with Gasteiger partial charge in [-0.2, -0.15) is 0 Å². The fourth-order valence-corrected chi connectivity index (χ4v) is 6.58. The number of hydrogen-bond acceptors (Lipinski definition) is 6. The van der Waals surface area contributed by atoms with Gasteiger partial charge in [-0.25, -0.2) is 8.42 Å². The Labute approximate surface area is 282 Å². The molecule has 248 valence electrons. The van der Waals surface area contributed by atoms with Gasteiger partial charge in [0, 0.05) is 24.0 Å². The van der Waals surface area contributed by atoms with E-state index < -0.39 is 28.5 Å². The first-order valence-electron chi connectivity index (χ1n) is 15.3. The number of hydrogen-bond donors (Lipinski definition) is 1. The number of ether oxygens (including phenoxy) is 2. The topological polar surface area (TPSA) is 105 Å². The van der Waals surface area contributed by atoms with Gasteiger partial charge in [-0.3, -0.25) is 13.9 Å². The molecule has 0 aliphatic carbocycles. The quantitative estimate of drug-likeness (QED) is 0.163. The minimum Gasteiger partial charge on any atom is -0.497 e. The van der Waals surface area contributed by atoms with Crippen LogP contribution >= 0.6 is 11.6 Å². The fraction of sp³-hybridized carbons (Fsp3) is 0.278. The summed E-state index contributed by atoms with van der Waals surface area (Å²) in [4.78, 5) is 29.8. The molecule has 2 amide bonds. The summed E-state index contributed by atoms with van der Waals surface area (Å²) < 4.78 is 40.4. The smallest absolute Gasteiger partial charge is 0.264 e. The molecule has 0 spiro atoms. The molecule has 1 N–H and O–H groups in total. The van der Waals surface area contributed by atoms with Gasteiger partial charge >= 0.3 is 0 Å². The Morgan fingerprint density at radius 1 is 0.851 bits per heavy atom. The van der Waals surface area contributed by atoms with Gasteiger partial charge in [0.25, 0.3) is 10.0 Å². The summed E-state index contributed by atoms with van der Waals surface area (Å²) >= 11 is 6.07. The first kappa shape index (κ1) is 35.3. The number of amides is 2. The van der Waals surface area contributed by atoms with Gasteiger partial charge in [-0.15, -0.1) is 0 Å². The van der Waals surface area contributed by atoms with E-state index in [0.29, 0.717) is 28.7 Å². The number of benzene rings is 4. The van der Waals surface area contributed by atoms with E-state index in [1.165, 1.54) is 29.2 Å². The Morgan fingerprint density at radius 3 is 2.13 bits per heavy atom. The van der Waals surface area contributed by atoms with Crippen LogP contribution in [0.25, 0.3) is 0 Å². The van der Waals surface area contributed by atoms with Crippen molar-refractivity contribution < 1.29 is 27.5 Å². The highest BCUT2D eigenvalue weighted by molar-refractivity contribution is 7.92. The second-order valence-electron chi connectivity index (χ2n) is 11.1. The molecule has 11 heteroatoms. The predicted molar refractivity (Wildman–Crippen MR) is 184 cm³/mol. The summed E-state index contributed by atoms with van der Waals surface area (Å²) in [6, 6.07) is 27.7. The van der Waals surface area contributed by atoms with Crippen LogP contribution in [0.2, 0.25) is 5.02 Å². The molecule has 9 nitrogen and oxygen atoms in total. The maximum atomic E-state index is 14.6. The monoisotopic (exact) mass is 677 g/mol. The summed E-state index contributed by atoms with van der Waals surface area (Å²) in [5, 5.41) is 3.33. The van der Waals surface area contributed by atoms with Crippen LogP contribution in [0.15, 0.2) is 108 Å². The van der Waals surface area contributed by atoms with Crippen molar-refractivity contribution in [1.82, 2.24) is 10.2 Å². The van der Waals surface area contributed by atoms with Crippen molar-refractivity contribution in [3.05, 3.63) is 119 Å². The Kier molecular flexibility index (Phi) is 12.3. The molecule has 1 atom stereocenters. The molecule has 0 aliphatic rings. The average molecular weight is 678 g/mol. The first-order chi connectivity index (χ1) is 22.5. The summed E-state index contributed by atoms with van der Waals surface area (Å²) in [5.41, 5.74) is 1.81. The van der Waals surface area contributed by atoms with Gasteiger partial charge in [-0.05, 0) is 92.6 Å². The summed E-state index contributed by atoms with van der Waals surface area (Å²) in [7, 11) is -2.72. The number of halogens is 1. The minimum atomic E-state index is -4.27. The van der Waals surface area contributed by atoms with E-state index in [4.69, 9.17) is 21.1 Å². The first-order valence-corrected chi connectivity index (χ1v) is 17.1. The van der Waals surface area contributed by atoms with E-state index in [1.807, 2.05) is 57.2 Å². The summed E-state index contributed by atoms with van der Waals surface area (Å²) in [6.45, 7) is 5.42. The molecular weight excluding hydrogens is 638 g/mol. The molecule has 0 heterocycles. The number of carbonyl (C=O) groups excluding carboxylic acids is 2. The molecule has 0 fully saturated rings. The van der Waals surface area contributed by atoms with E-state index in [0.717, 1.165) is 9.87 Å². The molecule has 0 saturated carbocycles. The van der Waals surface area contributed by atoms with Crippen LogP contribution < -0.4 is 19.1 Å². The number of rotatable bonds is 15. The van der Waals surface area contributed by atoms with Crippen LogP contribution in [0, 0.1) is 0 Å². The van der Waals surface area contributed by atoms with Gasteiger partial charge in [0.15, 0.2) is 0 Å². The number of anilines is 1. The number of carbonyl (C=O) groups is 2. The van der Waals surface area contributed by atoms with Crippen LogP contribution in [0.3, 0.4) is 0 Å². The highest BCUT2D eigenvalue weighted by Crippen LogP contribution is 2.28. The number of nitrogens with zero attached hydrogens (tertiary/aromatic N) is 2. The van der Waals surface area contributed by atoms with E-state index in [1.54, 1.807) is 49.6 Å². The second kappa shape index (κ2) is 16.3. The lowest BCUT2D eigenvalue weighted by atomic mass is 10.0. The average Bonchev–Trinajstić information content (AvgIpc) is 3.06. The number of nitrogens with one attached hydrogen (secondary N) is 1. The van der Waals surface area contributed by atoms with Crippen LogP contribution in [0.1, 0.15) is 31.9 Å². The molecule has 0 radical (unpaired) electrons. The lowest BCUT2D eigenvalue weighted by Crippen LogP contribution is -2.54. The van der Waals surface area contributed by atoms with E-state index >= 15 is 0 Å². The Morgan fingerprint density at radius 2 is 1.51 bits per heavy atom. The lowest BCUT2D eigenvalue weighted by molar-refractivity contribution is -0.140. The standard InChI is InChI=1S/C36H40ClN3O6S/c1-5-46-31-18-16-30(17-19-31)40(47(43,44)33-20-14-29(37)15-21-33)25-35(41)39(24-28-12-9-13-32(22-28)45-4)34(36(42)38-26(2)3)23-27-10-7-6-8-11-27/h6-22,26,34H,5,23-25H2,1-4H3,(H,38,42)/t34-/m0/s1. The van der Waals surface area contributed by atoms with Gasteiger partial charge in [0.05, 0.1) is 24.3 Å². The lowest BCUT2D eigenvalue weighted by Gasteiger charge is -2.34. The minimum absolute atomic E-state index is 0.0250.